The molecule has 0 aromatic heterocycles. The minimum Gasteiger partial charge on any atom is -0.370 e. The van der Waals surface area contributed by atoms with Gasteiger partial charge in [-0.3, -0.25) is 28.8 Å². The highest BCUT2D eigenvalue weighted by Gasteiger charge is 2.19. The molecular formula is C22H40N6O6. The molecule has 0 saturated heterocycles. The molecule has 0 unspecified atom stereocenters. The standard InChI is InChI=1S/C22H40N6O6/c1-12(7-18(23)30)25-20(32)9-14(3)27-22(34)11-16(5)28-21(33)10-15(4)26-19(31)8-13(2)24-17(6)29/h12-16H,7-11H2,1-6H3,(H2,23,30)(H,24,29)(H,25,32)(H,26,31)(H,27,34)(H,28,33)/t12-,13-,14-,15-,16-/m0/s1. The molecule has 12 nitrogen and oxygen atoms in total. The average molecular weight is 485 g/mol. The van der Waals surface area contributed by atoms with E-state index in [0.717, 1.165) is 0 Å². The Labute approximate surface area is 200 Å². The Balaban J connectivity index is 4.28. The maximum absolute atomic E-state index is 12.2. The maximum Gasteiger partial charge on any atom is 0.222 e. The second-order valence-corrected chi connectivity index (χ2v) is 8.96. The molecule has 7 N–H and O–H groups in total. The lowest BCUT2D eigenvalue weighted by molar-refractivity contribution is -0.125. The van der Waals surface area contributed by atoms with Crippen LogP contribution in [0.4, 0.5) is 0 Å². The molecule has 0 fully saturated rings. The van der Waals surface area contributed by atoms with Crippen molar-refractivity contribution in [2.24, 2.45) is 5.73 Å². The van der Waals surface area contributed by atoms with Crippen molar-refractivity contribution in [3.63, 3.8) is 0 Å². The van der Waals surface area contributed by atoms with Gasteiger partial charge in [0.2, 0.25) is 35.4 Å². The number of primary amides is 1. The zero-order valence-electron chi connectivity index (χ0n) is 20.9. The fourth-order valence-corrected chi connectivity index (χ4v) is 3.35. The number of rotatable bonds is 15. The summed E-state index contributed by atoms with van der Waals surface area (Å²) >= 11 is 0. The van der Waals surface area contributed by atoms with E-state index in [2.05, 4.69) is 26.6 Å². The number of amides is 6. The highest BCUT2D eigenvalue weighted by molar-refractivity contribution is 5.83. The fraction of sp³-hybridized carbons (Fsp3) is 0.727. The second kappa shape index (κ2) is 15.6. The summed E-state index contributed by atoms with van der Waals surface area (Å²) in [5, 5.41) is 13.4. The molecule has 0 bridgehead atoms. The lowest BCUT2D eigenvalue weighted by Gasteiger charge is -2.20. The van der Waals surface area contributed by atoms with E-state index in [0.29, 0.717) is 0 Å². The Hall–Kier alpha value is -3.18. The molecule has 34 heavy (non-hydrogen) atoms. The molecule has 0 saturated carbocycles. The highest BCUT2D eigenvalue weighted by atomic mass is 16.2. The van der Waals surface area contributed by atoms with Crippen LogP contribution in [-0.2, 0) is 28.8 Å². The molecule has 12 heteroatoms. The minimum absolute atomic E-state index is 0.0186. The Kier molecular flexibility index (Phi) is 14.2. The lowest BCUT2D eigenvalue weighted by atomic mass is 10.1. The Morgan fingerprint density at radius 3 is 0.971 bits per heavy atom. The van der Waals surface area contributed by atoms with E-state index in [4.69, 9.17) is 5.73 Å². The molecule has 0 aliphatic heterocycles. The molecule has 0 rings (SSSR count). The number of carbonyl (C=O) groups is 6. The molecule has 0 aliphatic carbocycles. The lowest BCUT2D eigenvalue weighted by Crippen LogP contribution is -2.44. The first kappa shape index (κ1) is 30.8. The van der Waals surface area contributed by atoms with Crippen molar-refractivity contribution in [3.8, 4) is 0 Å². The van der Waals surface area contributed by atoms with E-state index >= 15 is 0 Å². The molecule has 0 aromatic carbocycles. The SMILES string of the molecule is CC(=O)N[C@@H](C)CC(=O)N[C@@H](C)CC(=O)N[C@@H](C)CC(=O)N[C@@H](C)CC(=O)N[C@@H](C)CC(N)=O. The monoisotopic (exact) mass is 484 g/mol. The molecule has 0 heterocycles. The second-order valence-electron chi connectivity index (χ2n) is 8.96. The van der Waals surface area contributed by atoms with Gasteiger partial charge in [-0.2, -0.15) is 0 Å². The van der Waals surface area contributed by atoms with Gasteiger partial charge in [0.25, 0.3) is 0 Å². The largest absolute Gasteiger partial charge is 0.370 e. The van der Waals surface area contributed by atoms with Gasteiger partial charge in [-0.15, -0.1) is 0 Å². The summed E-state index contributed by atoms with van der Waals surface area (Å²) in [6, 6.07) is -2.02. The summed E-state index contributed by atoms with van der Waals surface area (Å²) < 4.78 is 0. The number of carbonyl (C=O) groups excluding carboxylic acids is 6. The molecule has 0 radical (unpaired) electrons. The normalized spacial score (nSPS) is 15.0. The third kappa shape index (κ3) is 16.5. The Morgan fingerprint density at radius 2 is 0.735 bits per heavy atom. The van der Waals surface area contributed by atoms with Crippen molar-refractivity contribution in [2.45, 2.75) is 104 Å². The molecule has 0 spiro atoms. The van der Waals surface area contributed by atoms with Crippen LogP contribution in [0.5, 0.6) is 0 Å². The van der Waals surface area contributed by atoms with Crippen molar-refractivity contribution in [1.29, 1.82) is 0 Å². The van der Waals surface area contributed by atoms with Crippen LogP contribution in [0.3, 0.4) is 0 Å². The Bertz CT molecular complexity index is 683. The average Bonchev–Trinajstić information content (AvgIpc) is 2.57. The van der Waals surface area contributed by atoms with Gasteiger partial charge in [0.05, 0.1) is 0 Å². The first-order valence-electron chi connectivity index (χ1n) is 11.4. The van der Waals surface area contributed by atoms with E-state index in [-0.39, 0.29) is 67.7 Å². The fourth-order valence-electron chi connectivity index (χ4n) is 3.35. The summed E-state index contributed by atoms with van der Waals surface area (Å²) in [5.41, 5.74) is 5.09. The number of hydrogen-bond donors (Lipinski definition) is 6. The molecule has 6 amide bonds. The van der Waals surface area contributed by atoms with E-state index in [1.807, 2.05) is 0 Å². The first-order valence-corrected chi connectivity index (χ1v) is 11.4. The van der Waals surface area contributed by atoms with Crippen molar-refractivity contribution in [1.82, 2.24) is 26.6 Å². The third-order valence-corrected chi connectivity index (χ3v) is 4.55. The van der Waals surface area contributed by atoms with Gasteiger partial charge in [0, 0.05) is 69.2 Å². The summed E-state index contributed by atoms with van der Waals surface area (Å²) in [4.78, 5) is 70.2. The quantitative estimate of drug-likeness (QED) is 0.172. The topological polar surface area (TPSA) is 189 Å². The molecule has 5 atom stereocenters. The van der Waals surface area contributed by atoms with E-state index in [9.17, 15) is 28.8 Å². The van der Waals surface area contributed by atoms with Crippen molar-refractivity contribution in [2.75, 3.05) is 0 Å². The van der Waals surface area contributed by atoms with Crippen LogP contribution in [0.1, 0.15) is 73.6 Å². The smallest absolute Gasteiger partial charge is 0.222 e. The first-order chi connectivity index (χ1) is 15.7. The number of hydrogen-bond acceptors (Lipinski definition) is 6. The summed E-state index contributed by atoms with van der Waals surface area (Å²) in [6.45, 7) is 9.79. The number of nitrogens with two attached hydrogens (primary N) is 1. The van der Waals surface area contributed by atoms with Crippen LogP contribution in [0.2, 0.25) is 0 Å². The van der Waals surface area contributed by atoms with E-state index < -0.39 is 30.1 Å². The van der Waals surface area contributed by atoms with Gasteiger partial charge in [-0.05, 0) is 34.6 Å². The van der Waals surface area contributed by atoms with Crippen molar-refractivity contribution >= 4 is 35.4 Å². The molecule has 0 aliphatic rings. The van der Waals surface area contributed by atoms with Crippen LogP contribution < -0.4 is 32.3 Å². The molecule has 0 aromatic rings. The maximum atomic E-state index is 12.2. The zero-order chi connectivity index (χ0) is 26.4. The number of nitrogens with one attached hydrogen (secondary N) is 5. The van der Waals surface area contributed by atoms with Crippen LogP contribution in [-0.4, -0.2) is 65.7 Å². The highest BCUT2D eigenvalue weighted by Crippen LogP contribution is 2.00. The predicted molar refractivity (Wildman–Crippen MR) is 126 cm³/mol. The van der Waals surface area contributed by atoms with Gasteiger partial charge in [0.1, 0.15) is 0 Å². The van der Waals surface area contributed by atoms with E-state index in [1.54, 1.807) is 34.6 Å². The van der Waals surface area contributed by atoms with Crippen LogP contribution in [0, 0.1) is 0 Å². The van der Waals surface area contributed by atoms with Gasteiger partial charge in [-0.25, -0.2) is 0 Å². The van der Waals surface area contributed by atoms with Crippen molar-refractivity contribution < 1.29 is 28.8 Å². The van der Waals surface area contributed by atoms with Gasteiger partial charge >= 0.3 is 0 Å². The predicted octanol–water partition coefficient (Wildman–Crippen LogP) is -1.03. The van der Waals surface area contributed by atoms with Crippen molar-refractivity contribution in [3.05, 3.63) is 0 Å². The third-order valence-electron chi connectivity index (χ3n) is 4.55. The molecular weight excluding hydrogens is 444 g/mol. The van der Waals surface area contributed by atoms with Crippen LogP contribution in [0.25, 0.3) is 0 Å². The van der Waals surface area contributed by atoms with Gasteiger partial charge < -0.3 is 32.3 Å². The zero-order valence-corrected chi connectivity index (χ0v) is 20.9. The summed E-state index contributed by atoms with van der Waals surface area (Å²) in [6.07, 6.45) is 0.217. The van der Waals surface area contributed by atoms with Crippen LogP contribution >= 0.6 is 0 Å². The molecule has 194 valence electrons. The van der Waals surface area contributed by atoms with Gasteiger partial charge in [0.15, 0.2) is 0 Å². The summed E-state index contributed by atoms with van der Waals surface area (Å²) in [7, 11) is 0. The minimum atomic E-state index is -0.515. The van der Waals surface area contributed by atoms with Gasteiger partial charge in [-0.1, -0.05) is 0 Å². The van der Waals surface area contributed by atoms with E-state index in [1.165, 1.54) is 6.92 Å². The van der Waals surface area contributed by atoms with Crippen LogP contribution in [0.15, 0.2) is 0 Å². The Morgan fingerprint density at radius 1 is 0.500 bits per heavy atom. The summed E-state index contributed by atoms with van der Waals surface area (Å²) in [5.74, 6) is -1.98.